The number of ether oxygens (including phenoxy) is 2. The quantitative estimate of drug-likeness (QED) is 0.236. The van der Waals surface area contributed by atoms with Gasteiger partial charge in [0.25, 0.3) is 0 Å². The minimum absolute atomic E-state index is 0.0988. The Bertz CT molecular complexity index is 594. The molecule has 1 aromatic rings. The molecular formula is C19H28N4O3. The normalized spacial score (nSPS) is 10.7. The molecule has 0 aromatic heterocycles. The van der Waals surface area contributed by atoms with E-state index >= 15 is 0 Å². The maximum absolute atomic E-state index is 11.7. The van der Waals surface area contributed by atoms with E-state index in [1.807, 2.05) is 31.2 Å². The highest BCUT2D eigenvalue weighted by atomic mass is 16.5. The van der Waals surface area contributed by atoms with E-state index in [0.29, 0.717) is 32.3 Å². The van der Waals surface area contributed by atoms with Crippen LogP contribution in [0, 0.1) is 12.3 Å². The molecule has 0 aliphatic heterocycles. The molecule has 0 saturated carbocycles. The van der Waals surface area contributed by atoms with Crippen LogP contribution < -0.4 is 20.7 Å². The van der Waals surface area contributed by atoms with Crippen molar-refractivity contribution in [2.24, 2.45) is 4.99 Å². The molecule has 0 unspecified atom stereocenters. The summed E-state index contributed by atoms with van der Waals surface area (Å²) in [5.74, 6) is 3.55. The number of amides is 1. The van der Waals surface area contributed by atoms with Crippen molar-refractivity contribution in [1.29, 1.82) is 0 Å². The molecule has 7 nitrogen and oxygen atoms in total. The van der Waals surface area contributed by atoms with Crippen LogP contribution in [0.5, 0.6) is 5.75 Å². The highest BCUT2D eigenvalue weighted by Crippen LogP contribution is 2.11. The fourth-order valence-electron chi connectivity index (χ4n) is 1.98. The summed E-state index contributed by atoms with van der Waals surface area (Å²) in [7, 11) is 1.63. The van der Waals surface area contributed by atoms with Crippen LogP contribution in [0.3, 0.4) is 0 Å². The first-order valence-corrected chi connectivity index (χ1v) is 8.62. The molecule has 0 fully saturated rings. The van der Waals surface area contributed by atoms with Gasteiger partial charge in [-0.3, -0.25) is 4.79 Å². The summed E-state index contributed by atoms with van der Waals surface area (Å²) in [5.41, 5.74) is 1.04. The van der Waals surface area contributed by atoms with Gasteiger partial charge in [-0.05, 0) is 31.0 Å². The third-order valence-corrected chi connectivity index (χ3v) is 3.34. The fourth-order valence-corrected chi connectivity index (χ4v) is 1.98. The standard InChI is InChI=1S/C19H28N4O3/c1-4-11-20-18(24)15-23-19(21-12-6-13-26-5-2)22-14-16-7-9-17(25-3)10-8-16/h1,7-10H,5-6,11-15H2,2-3H3,(H,20,24)(H2,21,22,23). The van der Waals surface area contributed by atoms with Crippen LogP contribution in [0.4, 0.5) is 0 Å². The van der Waals surface area contributed by atoms with Crippen LogP contribution in [-0.4, -0.2) is 51.8 Å². The summed E-state index contributed by atoms with van der Waals surface area (Å²) < 4.78 is 10.5. The van der Waals surface area contributed by atoms with Gasteiger partial charge < -0.3 is 25.4 Å². The van der Waals surface area contributed by atoms with Crippen LogP contribution in [0.15, 0.2) is 29.3 Å². The molecule has 142 valence electrons. The van der Waals surface area contributed by atoms with Crippen molar-refractivity contribution in [2.75, 3.05) is 40.0 Å². The Labute approximate surface area is 155 Å². The summed E-state index contributed by atoms with van der Waals surface area (Å²) in [6, 6.07) is 7.69. The van der Waals surface area contributed by atoms with Gasteiger partial charge in [-0.25, -0.2) is 4.99 Å². The SMILES string of the molecule is C#CCNC(=O)CNC(=NCc1ccc(OC)cc1)NCCCOCC. The van der Waals surface area contributed by atoms with E-state index in [1.165, 1.54) is 0 Å². The maximum atomic E-state index is 11.7. The lowest BCUT2D eigenvalue weighted by Gasteiger charge is -2.12. The molecule has 1 rings (SSSR count). The van der Waals surface area contributed by atoms with E-state index in [1.54, 1.807) is 7.11 Å². The van der Waals surface area contributed by atoms with Gasteiger partial charge in [0, 0.05) is 19.8 Å². The predicted octanol–water partition coefficient (Wildman–Crippen LogP) is 0.906. The number of methoxy groups -OCH3 is 1. The fraction of sp³-hybridized carbons (Fsp3) is 0.474. The smallest absolute Gasteiger partial charge is 0.240 e. The van der Waals surface area contributed by atoms with Crippen LogP contribution in [0.1, 0.15) is 18.9 Å². The zero-order chi connectivity index (χ0) is 19.0. The molecule has 0 aliphatic rings. The van der Waals surface area contributed by atoms with Gasteiger partial charge in [0.15, 0.2) is 5.96 Å². The summed E-state index contributed by atoms with van der Waals surface area (Å²) in [5, 5.41) is 8.81. The van der Waals surface area contributed by atoms with E-state index in [2.05, 4.69) is 26.9 Å². The Morgan fingerprint density at radius 1 is 1.23 bits per heavy atom. The number of rotatable bonds is 11. The number of carbonyl (C=O) groups is 1. The van der Waals surface area contributed by atoms with Crippen molar-refractivity contribution in [2.45, 2.75) is 19.9 Å². The molecular weight excluding hydrogens is 332 g/mol. The summed E-state index contributed by atoms with van der Waals surface area (Å²) in [6.45, 7) is 4.83. The van der Waals surface area contributed by atoms with Crippen LogP contribution in [0.2, 0.25) is 0 Å². The molecule has 0 saturated heterocycles. The third kappa shape index (κ3) is 9.55. The monoisotopic (exact) mass is 360 g/mol. The van der Waals surface area contributed by atoms with Crippen molar-refractivity contribution < 1.29 is 14.3 Å². The lowest BCUT2D eigenvalue weighted by molar-refractivity contribution is -0.119. The number of benzene rings is 1. The Balaban J connectivity index is 2.56. The largest absolute Gasteiger partial charge is 0.497 e. The zero-order valence-electron chi connectivity index (χ0n) is 15.5. The van der Waals surface area contributed by atoms with Crippen molar-refractivity contribution in [3.63, 3.8) is 0 Å². The van der Waals surface area contributed by atoms with Gasteiger partial charge in [-0.1, -0.05) is 18.1 Å². The minimum Gasteiger partial charge on any atom is -0.497 e. The molecule has 1 amide bonds. The first kappa shape index (κ1) is 21.3. The van der Waals surface area contributed by atoms with Crippen molar-refractivity contribution in [1.82, 2.24) is 16.0 Å². The van der Waals surface area contributed by atoms with Gasteiger partial charge in [-0.15, -0.1) is 6.42 Å². The molecule has 0 radical (unpaired) electrons. The Kier molecular flexibility index (Phi) is 11.1. The van der Waals surface area contributed by atoms with Gasteiger partial charge in [-0.2, -0.15) is 0 Å². The number of nitrogens with one attached hydrogen (secondary N) is 3. The molecule has 0 heterocycles. The van der Waals surface area contributed by atoms with Crippen molar-refractivity contribution >= 4 is 11.9 Å². The molecule has 7 heteroatoms. The number of aliphatic imine (C=N–C) groups is 1. The first-order chi connectivity index (χ1) is 12.7. The number of hydrogen-bond acceptors (Lipinski definition) is 4. The van der Waals surface area contributed by atoms with E-state index in [4.69, 9.17) is 15.9 Å². The minimum atomic E-state index is -0.184. The number of nitrogens with zero attached hydrogens (tertiary/aromatic N) is 1. The second-order valence-corrected chi connectivity index (χ2v) is 5.32. The van der Waals surface area contributed by atoms with Gasteiger partial charge in [0.05, 0.1) is 26.7 Å². The highest BCUT2D eigenvalue weighted by molar-refractivity contribution is 5.86. The Morgan fingerprint density at radius 2 is 2.00 bits per heavy atom. The topological polar surface area (TPSA) is 84.0 Å². The molecule has 0 atom stereocenters. The van der Waals surface area contributed by atoms with Crippen LogP contribution in [-0.2, 0) is 16.1 Å². The van der Waals surface area contributed by atoms with E-state index < -0.39 is 0 Å². The molecule has 0 spiro atoms. The molecule has 1 aromatic carbocycles. The number of guanidine groups is 1. The Morgan fingerprint density at radius 3 is 2.65 bits per heavy atom. The second-order valence-electron chi connectivity index (χ2n) is 5.32. The summed E-state index contributed by atoms with van der Waals surface area (Å²) in [4.78, 5) is 16.2. The second kappa shape index (κ2) is 13.6. The number of carbonyl (C=O) groups excluding carboxylic acids is 1. The lowest BCUT2D eigenvalue weighted by Crippen LogP contribution is -2.43. The summed E-state index contributed by atoms with van der Waals surface area (Å²) in [6.07, 6.45) is 5.98. The predicted molar refractivity (Wildman–Crippen MR) is 103 cm³/mol. The summed E-state index contributed by atoms with van der Waals surface area (Å²) >= 11 is 0. The van der Waals surface area contributed by atoms with Gasteiger partial charge >= 0.3 is 0 Å². The van der Waals surface area contributed by atoms with E-state index in [9.17, 15) is 4.79 Å². The number of terminal acetylenes is 1. The third-order valence-electron chi connectivity index (χ3n) is 3.34. The van der Waals surface area contributed by atoms with Crippen LogP contribution in [0.25, 0.3) is 0 Å². The van der Waals surface area contributed by atoms with E-state index in [0.717, 1.165) is 17.7 Å². The Hall–Kier alpha value is -2.72. The van der Waals surface area contributed by atoms with Crippen molar-refractivity contribution in [3.8, 4) is 18.1 Å². The first-order valence-electron chi connectivity index (χ1n) is 8.62. The molecule has 0 aliphatic carbocycles. The lowest BCUT2D eigenvalue weighted by atomic mass is 10.2. The molecule has 26 heavy (non-hydrogen) atoms. The average Bonchev–Trinajstić information content (AvgIpc) is 2.68. The zero-order valence-corrected chi connectivity index (χ0v) is 15.5. The molecule has 3 N–H and O–H groups in total. The van der Waals surface area contributed by atoms with E-state index in [-0.39, 0.29) is 19.0 Å². The van der Waals surface area contributed by atoms with Gasteiger partial charge in [0.1, 0.15) is 5.75 Å². The maximum Gasteiger partial charge on any atom is 0.240 e. The number of hydrogen-bond donors (Lipinski definition) is 3. The highest BCUT2D eigenvalue weighted by Gasteiger charge is 2.03. The average molecular weight is 360 g/mol. The van der Waals surface area contributed by atoms with Gasteiger partial charge in [0.2, 0.25) is 5.91 Å². The van der Waals surface area contributed by atoms with Crippen molar-refractivity contribution in [3.05, 3.63) is 29.8 Å². The molecule has 0 bridgehead atoms. The van der Waals surface area contributed by atoms with Crippen LogP contribution >= 0.6 is 0 Å².